The molecule has 2 unspecified atom stereocenters. The van der Waals surface area contributed by atoms with E-state index < -0.39 is 11.6 Å². The fourth-order valence-electron chi connectivity index (χ4n) is 1.94. The van der Waals surface area contributed by atoms with E-state index in [1.54, 1.807) is 0 Å². The molecule has 1 fully saturated rings. The summed E-state index contributed by atoms with van der Waals surface area (Å²) >= 11 is -0.153. The summed E-state index contributed by atoms with van der Waals surface area (Å²) < 4.78 is 41.6. The van der Waals surface area contributed by atoms with Gasteiger partial charge in [-0.2, -0.15) is 13.2 Å². The second kappa shape index (κ2) is 5.50. The first-order valence-corrected chi connectivity index (χ1v) is 6.39. The summed E-state index contributed by atoms with van der Waals surface area (Å²) in [5, 5.41) is 10.0. The molecule has 1 saturated heterocycles. The highest BCUT2D eigenvalue weighted by Gasteiger charge is 2.29. The number of hydrogen-bond acceptors (Lipinski definition) is 3. The van der Waals surface area contributed by atoms with Crippen molar-refractivity contribution in [1.29, 1.82) is 0 Å². The maximum atomic E-state index is 12.1. The van der Waals surface area contributed by atoms with E-state index in [0.29, 0.717) is 18.8 Å². The van der Waals surface area contributed by atoms with E-state index in [1.165, 1.54) is 24.3 Å². The lowest BCUT2D eigenvalue weighted by molar-refractivity contribution is -0.0328. The third-order valence-electron chi connectivity index (χ3n) is 2.87. The SMILES string of the molecule is OC(c1ccc(SC(F)(F)F)cc1)C1CCOC1. The van der Waals surface area contributed by atoms with Crippen molar-refractivity contribution in [2.24, 2.45) is 5.92 Å². The number of ether oxygens (including phenoxy) is 1. The smallest absolute Gasteiger partial charge is 0.388 e. The molecule has 0 amide bonds. The molecule has 1 aromatic carbocycles. The predicted molar refractivity (Wildman–Crippen MR) is 62.2 cm³/mol. The number of alkyl halides is 3. The van der Waals surface area contributed by atoms with E-state index in [9.17, 15) is 18.3 Å². The number of thioether (sulfide) groups is 1. The topological polar surface area (TPSA) is 29.5 Å². The van der Waals surface area contributed by atoms with Crippen LogP contribution in [0, 0.1) is 5.92 Å². The van der Waals surface area contributed by atoms with Crippen molar-refractivity contribution in [3.8, 4) is 0 Å². The van der Waals surface area contributed by atoms with Crippen molar-refractivity contribution in [3.05, 3.63) is 29.8 Å². The minimum Gasteiger partial charge on any atom is -0.388 e. The molecule has 2 atom stereocenters. The van der Waals surface area contributed by atoms with Crippen molar-refractivity contribution in [2.45, 2.75) is 22.9 Å². The van der Waals surface area contributed by atoms with Gasteiger partial charge < -0.3 is 9.84 Å². The Morgan fingerprint density at radius 2 is 1.94 bits per heavy atom. The van der Waals surface area contributed by atoms with E-state index in [4.69, 9.17) is 4.74 Å². The van der Waals surface area contributed by atoms with Crippen LogP contribution in [-0.2, 0) is 4.74 Å². The molecule has 0 aromatic heterocycles. The lowest BCUT2D eigenvalue weighted by atomic mass is 9.95. The Morgan fingerprint density at radius 1 is 1.28 bits per heavy atom. The van der Waals surface area contributed by atoms with Gasteiger partial charge in [-0.1, -0.05) is 12.1 Å². The van der Waals surface area contributed by atoms with Gasteiger partial charge in [0.2, 0.25) is 0 Å². The summed E-state index contributed by atoms with van der Waals surface area (Å²) in [6.07, 6.45) is 0.109. The van der Waals surface area contributed by atoms with Gasteiger partial charge in [-0.05, 0) is 35.9 Å². The summed E-state index contributed by atoms with van der Waals surface area (Å²) in [6.45, 7) is 1.13. The van der Waals surface area contributed by atoms with Crippen molar-refractivity contribution >= 4 is 11.8 Å². The second-order valence-corrected chi connectivity index (χ2v) is 5.32. The molecule has 0 radical (unpaired) electrons. The van der Waals surface area contributed by atoms with Gasteiger partial charge in [0.1, 0.15) is 0 Å². The fraction of sp³-hybridized carbons (Fsp3) is 0.500. The molecule has 1 aliphatic rings. The van der Waals surface area contributed by atoms with Crippen molar-refractivity contribution in [1.82, 2.24) is 0 Å². The van der Waals surface area contributed by atoms with Crippen LogP contribution in [-0.4, -0.2) is 23.8 Å². The van der Waals surface area contributed by atoms with E-state index in [2.05, 4.69) is 0 Å². The van der Waals surface area contributed by atoms with Crippen LogP contribution < -0.4 is 0 Å². The average Bonchev–Trinajstić information content (AvgIpc) is 2.80. The molecule has 18 heavy (non-hydrogen) atoms. The van der Waals surface area contributed by atoms with E-state index >= 15 is 0 Å². The highest BCUT2D eigenvalue weighted by atomic mass is 32.2. The van der Waals surface area contributed by atoms with E-state index in [-0.39, 0.29) is 22.6 Å². The monoisotopic (exact) mass is 278 g/mol. The molecule has 0 aliphatic carbocycles. The molecular weight excluding hydrogens is 265 g/mol. The summed E-state index contributed by atoms with van der Waals surface area (Å²) in [5.41, 5.74) is -3.64. The van der Waals surface area contributed by atoms with Gasteiger partial charge in [0, 0.05) is 17.4 Å². The molecule has 0 spiro atoms. The minimum atomic E-state index is -4.28. The zero-order chi connectivity index (χ0) is 13.2. The third-order valence-corrected chi connectivity index (χ3v) is 3.61. The summed E-state index contributed by atoms with van der Waals surface area (Å²) in [6, 6.07) is 5.84. The van der Waals surface area contributed by atoms with Crippen LogP contribution in [0.2, 0.25) is 0 Å². The van der Waals surface area contributed by atoms with Gasteiger partial charge in [0.15, 0.2) is 0 Å². The summed E-state index contributed by atoms with van der Waals surface area (Å²) in [5.74, 6) is 0.0334. The van der Waals surface area contributed by atoms with Crippen LogP contribution in [0.3, 0.4) is 0 Å². The molecule has 1 heterocycles. The number of benzene rings is 1. The second-order valence-electron chi connectivity index (χ2n) is 4.19. The molecule has 100 valence electrons. The number of aliphatic hydroxyl groups excluding tert-OH is 1. The van der Waals surface area contributed by atoms with Crippen molar-refractivity contribution in [3.63, 3.8) is 0 Å². The standard InChI is InChI=1S/C12H13F3O2S/c13-12(14,15)18-10-3-1-8(2-4-10)11(16)9-5-6-17-7-9/h1-4,9,11,16H,5-7H2. The Labute approximate surface area is 107 Å². The number of aliphatic hydroxyl groups is 1. The molecule has 2 rings (SSSR count). The molecule has 1 aliphatic heterocycles. The van der Waals surface area contributed by atoms with Crippen molar-refractivity contribution in [2.75, 3.05) is 13.2 Å². The fourth-order valence-corrected chi connectivity index (χ4v) is 2.48. The van der Waals surface area contributed by atoms with E-state index in [0.717, 1.165) is 6.42 Å². The normalized spacial score (nSPS) is 22.1. The Bertz CT molecular complexity index is 385. The summed E-state index contributed by atoms with van der Waals surface area (Å²) in [7, 11) is 0. The number of rotatable bonds is 3. The highest BCUT2D eigenvalue weighted by molar-refractivity contribution is 8.00. The molecule has 1 N–H and O–H groups in total. The lowest BCUT2D eigenvalue weighted by Gasteiger charge is -2.17. The number of hydrogen-bond donors (Lipinski definition) is 1. The lowest BCUT2D eigenvalue weighted by Crippen LogP contribution is -2.12. The maximum absolute atomic E-state index is 12.1. The van der Waals surface area contributed by atoms with Crippen LogP contribution in [0.5, 0.6) is 0 Å². The van der Waals surface area contributed by atoms with Crippen LogP contribution in [0.15, 0.2) is 29.2 Å². The maximum Gasteiger partial charge on any atom is 0.446 e. The quantitative estimate of drug-likeness (QED) is 0.860. The molecule has 6 heteroatoms. The first-order chi connectivity index (χ1) is 8.46. The third kappa shape index (κ3) is 3.63. The molecule has 2 nitrogen and oxygen atoms in total. The molecule has 1 aromatic rings. The van der Waals surface area contributed by atoms with Gasteiger partial charge in [0.05, 0.1) is 12.7 Å². The van der Waals surface area contributed by atoms with Crippen LogP contribution in [0.4, 0.5) is 13.2 Å². The highest BCUT2D eigenvalue weighted by Crippen LogP contribution is 2.37. The first-order valence-electron chi connectivity index (χ1n) is 5.57. The van der Waals surface area contributed by atoms with Gasteiger partial charge in [-0.25, -0.2) is 0 Å². The van der Waals surface area contributed by atoms with Crippen LogP contribution in [0.25, 0.3) is 0 Å². The minimum absolute atomic E-state index is 0.0334. The van der Waals surface area contributed by atoms with E-state index in [1.807, 2.05) is 0 Å². The van der Waals surface area contributed by atoms with Crippen LogP contribution in [0.1, 0.15) is 18.1 Å². The number of halogens is 3. The van der Waals surface area contributed by atoms with Crippen LogP contribution >= 0.6 is 11.8 Å². The van der Waals surface area contributed by atoms with Gasteiger partial charge in [-0.15, -0.1) is 0 Å². The largest absolute Gasteiger partial charge is 0.446 e. The summed E-state index contributed by atoms with van der Waals surface area (Å²) in [4.78, 5) is 0.126. The van der Waals surface area contributed by atoms with Gasteiger partial charge >= 0.3 is 5.51 Å². The Kier molecular flexibility index (Phi) is 4.19. The molecule has 0 saturated carbocycles. The molecular formula is C12H13F3O2S. The Hall–Kier alpha value is -0.720. The van der Waals surface area contributed by atoms with Crippen molar-refractivity contribution < 1.29 is 23.0 Å². The zero-order valence-electron chi connectivity index (χ0n) is 9.48. The Balaban J connectivity index is 2.02. The van der Waals surface area contributed by atoms with Gasteiger partial charge in [-0.3, -0.25) is 0 Å². The van der Waals surface area contributed by atoms with Gasteiger partial charge in [0.25, 0.3) is 0 Å². The average molecular weight is 278 g/mol. The predicted octanol–water partition coefficient (Wildman–Crippen LogP) is 3.37. The first kappa shape index (κ1) is 13.7. The Morgan fingerprint density at radius 3 is 2.44 bits per heavy atom. The molecule has 0 bridgehead atoms. The zero-order valence-corrected chi connectivity index (χ0v) is 10.3.